The van der Waals surface area contributed by atoms with Crippen molar-refractivity contribution in [2.75, 3.05) is 46.2 Å². The van der Waals surface area contributed by atoms with Crippen molar-refractivity contribution in [1.82, 2.24) is 0 Å². The molecule has 0 bridgehead atoms. The number of hydrogen-bond acceptors (Lipinski definition) is 5. The van der Waals surface area contributed by atoms with Gasteiger partial charge in [0.1, 0.15) is 6.61 Å². The van der Waals surface area contributed by atoms with Gasteiger partial charge in [0.05, 0.1) is 39.6 Å². The first kappa shape index (κ1) is 13.8. The highest BCUT2D eigenvalue weighted by atomic mass is 32.1. The molecule has 4 nitrogen and oxygen atoms in total. The average Bonchev–Trinajstić information content (AvgIpc) is 2.21. The van der Waals surface area contributed by atoms with Gasteiger partial charge in [-0.1, -0.05) is 5.92 Å². The lowest BCUT2D eigenvalue weighted by atomic mass is 10.7. The molecule has 14 heavy (non-hydrogen) atoms. The molecule has 82 valence electrons. The third-order valence-corrected chi connectivity index (χ3v) is 1.43. The van der Waals surface area contributed by atoms with E-state index in [-0.39, 0.29) is 0 Å². The van der Waals surface area contributed by atoms with Crippen LogP contribution in [-0.4, -0.2) is 46.2 Å². The van der Waals surface area contributed by atoms with Crippen LogP contribution < -0.4 is 0 Å². The minimum atomic E-state index is 0.332. The van der Waals surface area contributed by atoms with Crippen molar-refractivity contribution in [3.8, 4) is 12.3 Å². The lowest BCUT2D eigenvalue weighted by Crippen LogP contribution is -2.10. The van der Waals surface area contributed by atoms with E-state index in [1.165, 1.54) is 0 Å². The largest absolute Gasteiger partial charge is 0.377 e. The van der Waals surface area contributed by atoms with Crippen molar-refractivity contribution >= 4 is 12.9 Å². The molecule has 0 rings (SSSR count). The van der Waals surface area contributed by atoms with Crippen LogP contribution in [-0.2, 0) is 18.4 Å². The minimum Gasteiger partial charge on any atom is -0.377 e. The zero-order chi connectivity index (χ0) is 10.5. The van der Waals surface area contributed by atoms with Crippen molar-refractivity contribution in [1.29, 1.82) is 0 Å². The van der Waals surface area contributed by atoms with Crippen molar-refractivity contribution in [3.05, 3.63) is 0 Å². The summed E-state index contributed by atoms with van der Waals surface area (Å²) in [4.78, 5) is 0. The zero-order valence-corrected chi connectivity index (χ0v) is 9.00. The summed E-state index contributed by atoms with van der Waals surface area (Å²) >= 11 is 3.57. The van der Waals surface area contributed by atoms with E-state index in [0.717, 1.165) is 0 Å². The molecule has 0 unspecified atom stereocenters. The van der Waals surface area contributed by atoms with Gasteiger partial charge in [-0.3, -0.25) is 0 Å². The van der Waals surface area contributed by atoms with Gasteiger partial charge in [-0.2, -0.15) is 0 Å². The van der Waals surface area contributed by atoms with Crippen LogP contribution in [0.4, 0.5) is 0 Å². The molecule has 0 aromatic heterocycles. The molecule has 0 aliphatic heterocycles. The second-order valence-electron chi connectivity index (χ2n) is 2.31. The number of hydrogen-bond donors (Lipinski definition) is 1. The Hall–Kier alpha value is -0.250. The summed E-state index contributed by atoms with van der Waals surface area (Å²) < 4.78 is 19.8. The lowest BCUT2D eigenvalue weighted by molar-refractivity contribution is 0.0155. The summed E-state index contributed by atoms with van der Waals surface area (Å²) in [5.74, 6) is 2.37. The molecular formula is C9H16O4S. The number of rotatable bonds is 10. The van der Waals surface area contributed by atoms with E-state index < -0.39 is 0 Å². The average molecular weight is 220 g/mol. The molecule has 5 heteroatoms. The van der Waals surface area contributed by atoms with Gasteiger partial charge in [0.15, 0.2) is 0 Å². The van der Waals surface area contributed by atoms with E-state index in [2.05, 4.69) is 23.0 Å². The Kier molecular flexibility index (Phi) is 12.5. The van der Waals surface area contributed by atoms with Crippen LogP contribution in [0.1, 0.15) is 0 Å². The minimum absolute atomic E-state index is 0.332. The van der Waals surface area contributed by atoms with Gasteiger partial charge < -0.3 is 18.4 Å². The molecule has 0 heterocycles. The summed E-state index contributed by atoms with van der Waals surface area (Å²) in [6, 6.07) is 0. The molecule has 0 saturated heterocycles. The molecule has 0 aromatic rings. The summed E-state index contributed by atoms with van der Waals surface area (Å²) in [5, 5.41) is 0. The number of ether oxygens (including phenoxy) is 3. The smallest absolute Gasteiger partial charge is 0.107 e. The Morgan fingerprint density at radius 3 is 1.86 bits per heavy atom. The van der Waals surface area contributed by atoms with Gasteiger partial charge in [0.25, 0.3) is 0 Å². The van der Waals surface area contributed by atoms with Gasteiger partial charge in [-0.15, -0.1) is 6.42 Å². The third-order valence-electron chi connectivity index (χ3n) is 1.25. The van der Waals surface area contributed by atoms with Crippen LogP contribution in [0.25, 0.3) is 0 Å². The third kappa shape index (κ3) is 11.8. The van der Waals surface area contributed by atoms with Gasteiger partial charge in [-0.05, 0) is 12.9 Å². The van der Waals surface area contributed by atoms with Crippen LogP contribution >= 0.6 is 12.9 Å². The molecule has 0 atom stereocenters. The van der Waals surface area contributed by atoms with E-state index in [9.17, 15) is 0 Å². The van der Waals surface area contributed by atoms with Gasteiger partial charge >= 0.3 is 0 Å². The van der Waals surface area contributed by atoms with Crippen LogP contribution in [0.15, 0.2) is 0 Å². The standard InChI is InChI=1S/C9H16O4S/c1-2-3-10-4-5-11-6-7-12-8-9-13-14/h1,14H,3-9H2. The number of thiol groups is 1. The topological polar surface area (TPSA) is 36.9 Å². The highest BCUT2D eigenvalue weighted by Gasteiger charge is 1.90. The van der Waals surface area contributed by atoms with Crippen LogP contribution in [0.5, 0.6) is 0 Å². The first-order valence-electron chi connectivity index (χ1n) is 4.35. The fraction of sp³-hybridized carbons (Fsp3) is 0.778. The van der Waals surface area contributed by atoms with E-state index >= 15 is 0 Å². The maximum absolute atomic E-state index is 5.18. The highest BCUT2D eigenvalue weighted by Crippen LogP contribution is 1.83. The van der Waals surface area contributed by atoms with E-state index in [4.69, 9.17) is 20.6 Å². The summed E-state index contributed by atoms with van der Waals surface area (Å²) in [6.45, 7) is 3.49. The molecule has 0 spiro atoms. The van der Waals surface area contributed by atoms with Crippen LogP contribution in [0.3, 0.4) is 0 Å². The van der Waals surface area contributed by atoms with Crippen molar-refractivity contribution in [2.24, 2.45) is 0 Å². The summed E-state index contributed by atoms with van der Waals surface area (Å²) in [7, 11) is 0. The second-order valence-corrected chi connectivity index (χ2v) is 2.57. The number of terminal acetylenes is 1. The van der Waals surface area contributed by atoms with Crippen LogP contribution in [0, 0.1) is 12.3 Å². The molecule has 0 radical (unpaired) electrons. The molecule has 0 saturated carbocycles. The van der Waals surface area contributed by atoms with Gasteiger partial charge in [-0.25, -0.2) is 0 Å². The summed E-state index contributed by atoms with van der Waals surface area (Å²) in [5.41, 5.74) is 0. The Labute approximate surface area is 90.5 Å². The first-order chi connectivity index (χ1) is 6.91. The van der Waals surface area contributed by atoms with E-state index in [1.54, 1.807) is 0 Å². The van der Waals surface area contributed by atoms with E-state index in [0.29, 0.717) is 46.2 Å². The molecule has 0 aliphatic rings. The lowest BCUT2D eigenvalue weighted by Gasteiger charge is -2.04. The molecule has 0 amide bonds. The van der Waals surface area contributed by atoms with E-state index in [1.807, 2.05) is 0 Å². The second kappa shape index (κ2) is 12.8. The quantitative estimate of drug-likeness (QED) is 0.252. The van der Waals surface area contributed by atoms with Crippen molar-refractivity contribution in [2.45, 2.75) is 0 Å². The Morgan fingerprint density at radius 2 is 1.36 bits per heavy atom. The fourth-order valence-corrected chi connectivity index (χ4v) is 0.742. The Balaban J connectivity index is 2.82. The monoisotopic (exact) mass is 220 g/mol. The summed E-state index contributed by atoms with van der Waals surface area (Å²) in [6.07, 6.45) is 4.98. The predicted molar refractivity (Wildman–Crippen MR) is 56.2 cm³/mol. The molecule has 0 N–H and O–H groups in total. The molecule has 0 aliphatic carbocycles. The molecule has 0 aromatic carbocycles. The fourth-order valence-electron chi connectivity index (χ4n) is 0.667. The van der Waals surface area contributed by atoms with Gasteiger partial charge in [0.2, 0.25) is 0 Å². The van der Waals surface area contributed by atoms with Crippen molar-refractivity contribution in [3.63, 3.8) is 0 Å². The highest BCUT2D eigenvalue weighted by molar-refractivity contribution is 7.75. The van der Waals surface area contributed by atoms with Crippen LogP contribution in [0.2, 0.25) is 0 Å². The van der Waals surface area contributed by atoms with Gasteiger partial charge in [0, 0.05) is 0 Å². The maximum Gasteiger partial charge on any atom is 0.107 e. The Morgan fingerprint density at radius 1 is 0.857 bits per heavy atom. The molecule has 0 fully saturated rings. The first-order valence-corrected chi connectivity index (χ1v) is 4.71. The SMILES string of the molecule is C#CCOCCOCCOCCOS. The maximum atomic E-state index is 5.18. The molecular weight excluding hydrogens is 204 g/mol. The van der Waals surface area contributed by atoms with Crippen molar-refractivity contribution < 1.29 is 18.4 Å². The Bertz CT molecular complexity index is 146. The predicted octanol–water partition coefficient (Wildman–Crippen LogP) is 0.531. The zero-order valence-electron chi connectivity index (χ0n) is 8.11. The normalized spacial score (nSPS) is 10.0.